The molecule has 1 heterocycles. The van der Waals surface area contributed by atoms with Crippen molar-refractivity contribution >= 4 is 27.5 Å². The number of carbonyl (C=O) groups is 2. The number of carbonyl (C=O) groups excluding carboxylic acids is 2. The first-order chi connectivity index (χ1) is 15.7. The van der Waals surface area contributed by atoms with Gasteiger partial charge < -0.3 is 15.4 Å². The van der Waals surface area contributed by atoms with Crippen LogP contribution in [0, 0.1) is 12.7 Å². The van der Waals surface area contributed by atoms with E-state index in [1.54, 1.807) is 31.2 Å². The Bertz CT molecular complexity index is 1120. The number of sulfonamides is 1. The van der Waals surface area contributed by atoms with Gasteiger partial charge in [0.05, 0.1) is 12.0 Å². The summed E-state index contributed by atoms with van der Waals surface area (Å²) in [5, 5.41) is 5.06. The molecule has 3 rings (SSSR count). The minimum absolute atomic E-state index is 0.0810. The molecule has 0 saturated carbocycles. The Balaban J connectivity index is 1.60. The first kappa shape index (κ1) is 24.7. The molecular weight excluding hydrogens is 449 g/mol. The lowest BCUT2D eigenvalue weighted by molar-refractivity contribution is -0.136. The molecule has 0 spiro atoms. The van der Waals surface area contributed by atoms with Crippen molar-refractivity contribution in [3.63, 3.8) is 0 Å². The highest BCUT2D eigenvalue weighted by molar-refractivity contribution is 7.89. The molecule has 1 aliphatic heterocycles. The molecule has 0 aromatic heterocycles. The van der Waals surface area contributed by atoms with Gasteiger partial charge in [-0.25, -0.2) is 12.8 Å². The average Bonchev–Trinajstić information content (AvgIpc) is 2.79. The Kier molecular flexibility index (Phi) is 8.04. The third-order valence-corrected chi connectivity index (χ3v) is 7.71. The van der Waals surface area contributed by atoms with Crippen molar-refractivity contribution in [3.05, 3.63) is 53.8 Å². The largest absolute Gasteiger partial charge is 0.497 e. The van der Waals surface area contributed by atoms with E-state index in [-0.39, 0.29) is 17.5 Å². The Morgan fingerprint density at radius 3 is 2.67 bits per heavy atom. The van der Waals surface area contributed by atoms with E-state index in [2.05, 4.69) is 10.6 Å². The summed E-state index contributed by atoms with van der Waals surface area (Å²) in [6.07, 6.45) is 2.59. The zero-order valence-corrected chi connectivity index (χ0v) is 19.5. The lowest BCUT2D eigenvalue weighted by atomic mass is 10.0. The van der Waals surface area contributed by atoms with Gasteiger partial charge in [0.15, 0.2) is 0 Å². The topological polar surface area (TPSA) is 105 Å². The van der Waals surface area contributed by atoms with Crippen LogP contribution >= 0.6 is 0 Å². The Hall–Kier alpha value is -2.98. The molecule has 8 nitrogen and oxygen atoms in total. The molecule has 0 aliphatic carbocycles. The van der Waals surface area contributed by atoms with Gasteiger partial charge in [-0.05, 0) is 62.1 Å². The van der Waals surface area contributed by atoms with Crippen LogP contribution in [0.4, 0.5) is 10.1 Å². The van der Waals surface area contributed by atoms with Crippen LogP contribution in [0.25, 0.3) is 0 Å². The SMILES string of the molecule is COc1cccc(NC(=O)C(=O)NCCC2CCCCN2S(=O)(=O)c2ccc(F)cc2C)c1. The summed E-state index contributed by atoms with van der Waals surface area (Å²) in [7, 11) is -2.31. The second-order valence-electron chi connectivity index (χ2n) is 7.91. The molecule has 2 amide bonds. The fourth-order valence-corrected chi connectivity index (χ4v) is 5.86. The van der Waals surface area contributed by atoms with E-state index in [1.807, 2.05) is 0 Å². The summed E-state index contributed by atoms with van der Waals surface area (Å²) in [6.45, 7) is 2.06. The monoisotopic (exact) mass is 477 g/mol. The predicted octanol–water partition coefficient (Wildman–Crippen LogP) is 2.83. The van der Waals surface area contributed by atoms with Crippen LogP contribution < -0.4 is 15.4 Å². The fourth-order valence-electron chi connectivity index (χ4n) is 3.93. The number of aryl methyl sites for hydroxylation is 1. The number of amides is 2. The molecule has 178 valence electrons. The Morgan fingerprint density at radius 2 is 1.94 bits per heavy atom. The van der Waals surface area contributed by atoms with E-state index < -0.39 is 27.7 Å². The highest BCUT2D eigenvalue weighted by Crippen LogP contribution is 2.28. The Labute approximate surface area is 193 Å². The third-order valence-electron chi connectivity index (χ3n) is 5.59. The van der Waals surface area contributed by atoms with Crippen LogP contribution in [-0.4, -0.2) is 50.8 Å². The normalized spacial score (nSPS) is 16.8. The van der Waals surface area contributed by atoms with E-state index in [0.29, 0.717) is 36.4 Å². The number of benzene rings is 2. The van der Waals surface area contributed by atoms with Crippen molar-refractivity contribution in [1.29, 1.82) is 0 Å². The quantitative estimate of drug-likeness (QED) is 0.597. The molecule has 2 aromatic carbocycles. The summed E-state index contributed by atoms with van der Waals surface area (Å²) in [6, 6.07) is 9.93. The number of ether oxygens (including phenoxy) is 1. The second kappa shape index (κ2) is 10.8. The van der Waals surface area contributed by atoms with Crippen molar-refractivity contribution in [1.82, 2.24) is 9.62 Å². The van der Waals surface area contributed by atoms with E-state index in [1.165, 1.54) is 23.5 Å². The molecule has 1 aliphatic rings. The van der Waals surface area contributed by atoms with Crippen LogP contribution in [0.15, 0.2) is 47.4 Å². The summed E-state index contributed by atoms with van der Waals surface area (Å²) in [5.74, 6) is -1.57. The zero-order valence-electron chi connectivity index (χ0n) is 18.6. The van der Waals surface area contributed by atoms with Crippen molar-refractivity contribution in [2.24, 2.45) is 0 Å². The summed E-state index contributed by atoms with van der Waals surface area (Å²) >= 11 is 0. The van der Waals surface area contributed by atoms with Gasteiger partial charge in [-0.15, -0.1) is 0 Å². The van der Waals surface area contributed by atoms with Crippen molar-refractivity contribution in [3.8, 4) is 5.75 Å². The first-order valence-electron chi connectivity index (χ1n) is 10.7. The number of hydrogen-bond acceptors (Lipinski definition) is 5. The smallest absolute Gasteiger partial charge is 0.313 e. The minimum Gasteiger partial charge on any atom is -0.497 e. The number of methoxy groups -OCH3 is 1. The molecule has 2 aromatic rings. The maximum Gasteiger partial charge on any atom is 0.313 e. The molecule has 10 heteroatoms. The maximum absolute atomic E-state index is 13.5. The van der Waals surface area contributed by atoms with E-state index in [0.717, 1.165) is 18.9 Å². The molecule has 1 unspecified atom stereocenters. The molecule has 1 saturated heterocycles. The number of hydrogen-bond donors (Lipinski definition) is 2. The van der Waals surface area contributed by atoms with Gasteiger partial charge in [-0.2, -0.15) is 4.31 Å². The van der Waals surface area contributed by atoms with E-state index in [9.17, 15) is 22.4 Å². The summed E-state index contributed by atoms with van der Waals surface area (Å²) < 4.78 is 46.4. The van der Waals surface area contributed by atoms with Gasteiger partial charge in [0, 0.05) is 30.9 Å². The number of anilines is 1. The van der Waals surface area contributed by atoms with E-state index in [4.69, 9.17) is 4.74 Å². The summed E-state index contributed by atoms with van der Waals surface area (Å²) in [5.41, 5.74) is 0.774. The minimum atomic E-state index is -3.81. The highest BCUT2D eigenvalue weighted by atomic mass is 32.2. The molecule has 33 heavy (non-hydrogen) atoms. The highest BCUT2D eigenvalue weighted by Gasteiger charge is 2.34. The molecule has 2 N–H and O–H groups in total. The van der Waals surface area contributed by atoms with Crippen molar-refractivity contribution in [2.75, 3.05) is 25.5 Å². The second-order valence-corrected chi connectivity index (χ2v) is 9.76. The van der Waals surface area contributed by atoms with Crippen molar-refractivity contribution < 1.29 is 27.1 Å². The van der Waals surface area contributed by atoms with Gasteiger partial charge >= 0.3 is 11.8 Å². The van der Waals surface area contributed by atoms with Crippen LogP contribution in [0.2, 0.25) is 0 Å². The van der Waals surface area contributed by atoms with Gasteiger partial charge in [0.2, 0.25) is 10.0 Å². The number of nitrogens with zero attached hydrogens (tertiary/aromatic N) is 1. The average molecular weight is 478 g/mol. The standard InChI is InChI=1S/C23H28FN3O5S/c1-16-14-17(24)9-10-21(16)33(30,31)27-13-4-3-7-19(27)11-12-25-22(28)23(29)26-18-6-5-8-20(15-18)32-2/h5-6,8-10,14-15,19H,3-4,7,11-13H2,1-2H3,(H,25,28)(H,26,29). The molecular formula is C23H28FN3O5S. The molecule has 1 fully saturated rings. The number of rotatable bonds is 7. The van der Waals surface area contributed by atoms with Crippen LogP contribution in [0.3, 0.4) is 0 Å². The molecule has 0 radical (unpaired) electrons. The van der Waals surface area contributed by atoms with Gasteiger partial charge in [-0.1, -0.05) is 12.5 Å². The van der Waals surface area contributed by atoms with Gasteiger partial charge in [-0.3, -0.25) is 9.59 Å². The van der Waals surface area contributed by atoms with Crippen molar-refractivity contribution in [2.45, 2.75) is 43.5 Å². The third kappa shape index (κ3) is 6.08. The van der Waals surface area contributed by atoms with Gasteiger partial charge in [0.1, 0.15) is 11.6 Å². The first-order valence-corrected chi connectivity index (χ1v) is 12.2. The van der Waals surface area contributed by atoms with Crippen LogP contribution in [0.1, 0.15) is 31.2 Å². The van der Waals surface area contributed by atoms with Crippen LogP contribution in [-0.2, 0) is 19.6 Å². The summed E-state index contributed by atoms with van der Waals surface area (Å²) in [4.78, 5) is 24.4. The van der Waals surface area contributed by atoms with E-state index >= 15 is 0 Å². The molecule has 0 bridgehead atoms. The lowest BCUT2D eigenvalue weighted by Gasteiger charge is -2.35. The molecule has 1 atom stereocenters. The van der Waals surface area contributed by atoms with Gasteiger partial charge in [0.25, 0.3) is 0 Å². The number of halogens is 1. The number of nitrogens with one attached hydrogen (secondary N) is 2. The maximum atomic E-state index is 13.5. The predicted molar refractivity (Wildman–Crippen MR) is 122 cm³/mol. The number of piperidine rings is 1. The zero-order chi connectivity index (χ0) is 24.0. The van der Waals surface area contributed by atoms with Crippen LogP contribution in [0.5, 0.6) is 5.75 Å². The Morgan fingerprint density at radius 1 is 1.15 bits per heavy atom. The fraction of sp³-hybridized carbons (Fsp3) is 0.391. The lowest BCUT2D eigenvalue weighted by Crippen LogP contribution is -2.46.